The van der Waals surface area contributed by atoms with Crippen molar-refractivity contribution in [3.05, 3.63) is 66.9 Å². The Morgan fingerprint density at radius 1 is 1.24 bits per heavy atom. The maximum atomic E-state index is 10.4. The van der Waals surface area contributed by atoms with Gasteiger partial charge in [-0.3, -0.25) is 9.47 Å². The summed E-state index contributed by atoms with van der Waals surface area (Å²) in [5.41, 5.74) is 0.638. The Morgan fingerprint density at radius 2 is 2.10 bits per heavy atom. The summed E-state index contributed by atoms with van der Waals surface area (Å²) < 4.78 is 7.65. The maximum absolute atomic E-state index is 10.4. The molecule has 2 atom stereocenters. The summed E-state index contributed by atoms with van der Waals surface area (Å²) in [6.07, 6.45) is 6.94. The molecule has 0 saturated carbocycles. The second-order valence-corrected chi connectivity index (χ2v) is 7.42. The molecular weight excluding hydrogens is 368 g/mol. The lowest BCUT2D eigenvalue weighted by molar-refractivity contribution is -0.117. The molecule has 29 heavy (non-hydrogen) atoms. The molecule has 0 aliphatic carbocycles. The van der Waals surface area contributed by atoms with Gasteiger partial charge in [-0.05, 0) is 18.6 Å². The van der Waals surface area contributed by atoms with Gasteiger partial charge in [-0.15, -0.1) is 0 Å². The van der Waals surface area contributed by atoms with Crippen LogP contribution in [0, 0.1) is 0 Å². The van der Waals surface area contributed by atoms with E-state index in [1.165, 1.54) is 5.56 Å². The highest BCUT2D eigenvalue weighted by Crippen LogP contribution is 2.27. The average molecular weight is 394 g/mol. The van der Waals surface area contributed by atoms with Crippen LogP contribution in [0.2, 0.25) is 0 Å². The van der Waals surface area contributed by atoms with Crippen LogP contribution in [0.3, 0.4) is 0 Å². The molecule has 1 aliphatic heterocycles. The van der Waals surface area contributed by atoms with Gasteiger partial charge in [-0.1, -0.05) is 30.3 Å². The van der Waals surface area contributed by atoms with Gasteiger partial charge in [0, 0.05) is 37.7 Å². The van der Waals surface area contributed by atoms with E-state index >= 15 is 0 Å². The van der Waals surface area contributed by atoms with E-state index in [0.717, 1.165) is 12.4 Å². The summed E-state index contributed by atoms with van der Waals surface area (Å²) in [7, 11) is 0. The third-order valence-electron chi connectivity index (χ3n) is 5.35. The molecule has 0 unspecified atom stereocenters. The van der Waals surface area contributed by atoms with Crippen molar-refractivity contribution < 1.29 is 9.84 Å². The van der Waals surface area contributed by atoms with Crippen molar-refractivity contribution in [1.82, 2.24) is 24.4 Å². The summed E-state index contributed by atoms with van der Waals surface area (Å²) in [5, 5.41) is 13.7. The number of hydrogen-bond acceptors (Lipinski definition) is 7. The number of aliphatic hydroxyl groups is 1. The molecule has 152 valence electrons. The smallest absolute Gasteiger partial charge is 0.224 e. The third-order valence-corrected chi connectivity index (χ3v) is 5.35. The first-order chi connectivity index (χ1) is 14.2. The van der Waals surface area contributed by atoms with Crippen molar-refractivity contribution in [2.24, 2.45) is 0 Å². The van der Waals surface area contributed by atoms with E-state index in [9.17, 15) is 5.11 Å². The highest BCUT2D eigenvalue weighted by Gasteiger charge is 2.42. The van der Waals surface area contributed by atoms with E-state index in [1.54, 1.807) is 18.7 Å². The van der Waals surface area contributed by atoms with Crippen LogP contribution in [0.15, 0.2) is 61.3 Å². The molecule has 3 aromatic rings. The van der Waals surface area contributed by atoms with Crippen LogP contribution < -0.4 is 5.32 Å². The van der Waals surface area contributed by atoms with Crippen LogP contribution in [-0.4, -0.2) is 67.5 Å². The number of aromatic nitrogens is 4. The summed E-state index contributed by atoms with van der Waals surface area (Å²) in [4.78, 5) is 15.3. The Labute approximate surface area is 170 Å². The number of rotatable bonds is 7. The third kappa shape index (κ3) is 4.29. The van der Waals surface area contributed by atoms with Gasteiger partial charge in [0.15, 0.2) is 0 Å². The van der Waals surface area contributed by atoms with Crippen molar-refractivity contribution in [2.45, 2.75) is 25.0 Å². The number of benzene rings is 1. The topological polar surface area (TPSA) is 88.3 Å². The van der Waals surface area contributed by atoms with E-state index in [1.807, 2.05) is 35.0 Å². The average Bonchev–Trinajstić information content (AvgIpc) is 3.30. The normalized spacial score (nSPS) is 22.5. The maximum Gasteiger partial charge on any atom is 0.224 e. The first kappa shape index (κ1) is 19.5. The van der Waals surface area contributed by atoms with E-state index in [4.69, 9.17) is 4.74 Å². The standard InChI is InChI=1S/C21H26N6O2/c1-17-12-29-15-21(14-28,27(17)11-18-5-3-2-4-6-18)13-24-20-23-8-7-19(25-20)26-10-9-22-16-26/h2-10,16-17,28H,11-15H2,1H3,(H,23,24,25)/t17-,21+/m1/s1. The lowest BCUT2D eigenvalue weighted by Gasteiger charge is -2.49. The second-order valence-electron chi connectivity index (χ2n) is 7.42. The molecule has 1 fully saturated rings. The number of imidazole rings is 1. The number of nitrogens with zero attached hydrogens (tertiary/aromatic N) is 5. The first-order valence-corrected chi connectivity index (χ1v) is 9.75. The number of aliphatic hydroxyl groups excluding tert-OH is 1. The molecule has 4 rings (SSSR count). The lowest BCUT2D eigenvalue weighted by Crippen LogP contribution is -2.65. The number of ether oxygens (including phenoxy) is 1. The van der Waals surface area contributed by atoms with Crippen LogP contribution in [0.5, 0.6) is 0 Å². The lowest BCUT2D eigenvalue weighted by atomic mass is 9.94. The van der Waals surface area contributed by atoms with E-state index in [-0.39, 0.29) is 12.6 Å². The Bertz CT molecular complexity index is 905. The fourth-order valence-corrected chi connectivity index (χ4v) is 3.72. The van der Waals surface area contributed by atoms with Crippen LogP contribution in [0.25, 0.3) is 5.82 Å². The molecule has 1 aromatic carbocycles. The van der Waals surface area contributed by atoms with Gasteiger partial charge in [0.1, 0.15) is 12.1 Å². The van der Waals surface area contributed by atoms with Gasteiger partial charge in [-0.25, -0.2) is 9.97 Å². The van der Waals surface area contributed by atoms with Crippen LogP contribution in [0.4, 0.5) is 5.95 Å². The van der Waals surface area contributed by atoms with Gasteiger partial charge < -0.3 is 15.2 Å². The van der Waals surface area contributed by atoms with E-state index in [2.05, 4.69) is 44.2 Å². The van der Waals surface area contributed by atoms with Crippen LogP contribution in [0.1, 0.15) is 12.5 Å². The zero-order valence-corrected chi connectivity index (χ0v) is 16.5. The van der Waals surface area contributed by atoms with Crippen molar-refractivity contribution >= 4 is 5.95 Å². The summed E-state index contributed by atoms with van der Waals surface area (Å²) in [5.74, 6) is 1.23. The molecule has 0 spiro atoms. The molecule has 8 heteroatoms. The quantitative estimate of drug-likeness (QED) is 0.631. The molecule has 1 aliphatic rings. The molecule has 0 radical (unpaired) electrons. The van der Waals surface area contributed by atoms with Gasteiger partial charge in [0.25, 0.3) is 0 Å². The minimum absolute atomic E-state index is 0.0294. The largest absolute Gasteiger partial charge is 0.394 e. The Kier molecular flexibility index (Phi) is 5.84. The SMILES string of the molecule is C[C@@H]1COC[C@@](CO)(CNc2nccc(-n3ccnc3)n2)N1Cc1ccccc1. The molecule has 2 N–H and O–H groups in total. The zero-order chi connectivity index (χ0) is 20.1. The second kappa shape index (κ2) is 8.69. The van der Waals surface area contributed by atoms with Crippen molar-refractivity contribution in [3.8, 4) is 5.82 Å². The van der Waals surface area contributed by atoms with Crippen molar-refractivity contribution in [3.63, 3.8) is 0 Å². The highest BCUT2D eigenvalue weighted by atomic mass is 16.5. The monoisotopic (exact) mass is 394 g/mol. The number of nitrogens with one attached hydrogen (secondary N) is 1. The molecular formula is C21H26N6O2. The van der Waals surface area contributed by atoms with Crippen LogP contribution >= 0.6 is 0 Å². The molecule has 1 saturated heterocycles. The molecule has 0 amide bonds. The molecule has 2 aromatic heterocycles. The predicted molar refractivity (Wildman–Crippen MR) is 110 cm³/mol. The first-order valence-electron chi connectivity index (χ1n) is 9.75. The van der Waals surface area contributed by atoms with Gasteiger partial charge in [0.2, 0.25) is 5.95 Å². The number of hydrogen-bond donors (Lipinski definition) is 2. The van der Waals surface area contributed by atoms with Gasteiger partial charge >= 0.3 is 0 Å². The van der Waals surface area contributed by atoms with Gasteiger partial charge in [0.05, 0.1) is 25.4 Å². The number of morpholine rings is 1. The fourth-order valence-electron chi connectivity index (χ4n) is 3.72. The molecule has 8 nitrogen and oxygen atoms in total. The number of anilines is 1. The predicted octanol–water partition coefficient (Wildman–Crippen LogP) is 1.73. The fraction of sp³-hybridized carbons (Fsp3) is 0.381. The molecule has 3 heterocycles. The summed E-state index contributed by atoms with van der Waals surface area (Å²) in [6.45, 7) is 4.38. The summed E-state index contributed by atoms with van der Waals surface area (Å²) in [6, 6.07) is 12.3. The Balaban J connectivity index is 1.53. The van der Waals surface area contributed by atoms with E-state index < -0.39 is 5.54 Å². The minimum Gasteiger partial charge on any atom is -0.394 e. The van der Waals surface area contributed by atoms with Crippen LogP contribution in [-0.2, 0) is 11.3 Å². The van der Waals surface area contributed by atoms with E-state index in [0.29, 0.717) is 25.7 Å². The summed E-state index contributed by atoms with van der Waals surface area (Å²) >= 11 is 0. The zero-order valence-electron chi connectivity index (χ0n) is 16.5. The van der Waals surface area contributed by atoms with Gasteiger partial charge in [-0.2, -0.15) is 4.98 Å². The Hall–Kier alpha value is -2.81. The minimum atomic E-state index is -0.568. The van der Waals surface area contributed by atoms with Crippen molar-refractivity contribution in [2.75, 3.05) is 31.7 Å². The Morgan fingerprint density at radius 3 is 2.86 bits per heavy atom. The van der Waals surface area contributed by atoms with Crippen molar-refractivity contribution in [1.29, 1.82) is 0 Å². The highest BCUT2D eigenvalue weighted by molar-refractivity contribution is 5.32. The molecule has 0 bridgehead atoms.